The molecule has 1 aromatic rings. The summed E-state index contributed by atoms with van der Waals surface area (Å²) in [6.07, 6.45) is 3.08. The number of anilines is 1. The topological polar surface area (TPSA) is 16.1 Å². The standard InChI is InChI=1S/C13H19ClN2S/c1-13(2)4-6-16(7-8-17-13)12-3-5-15-11(9-12)10-14/h3,5,9H,4,6-8,10H2,1-2H3. The zero-order chi connectivity index (χ0) is 12.3. The molecule has 17 heavy (non-hydrogen) atoms. The highest BCUT2D eigenvalue weighted by molar-refractivity contribution is 8.00. The van der Waals surface area contributed by atoms with Gasteiger partial charge in [0.2, 0.25) is 0 Å². The molecule has 0 bridgehead atoms. The number of aromatic nitrogens is 1. The van der Waals surface area contributed by atoms with Crippen molar-refractivity contribution in [3.8, 4) is 0 Å². The molecular formula is C13H19ClN2S. The summed E-state index contributed by atoms with van der Waals surface area (Å²) in [5, 5.41) is 0. The first-order chi connectivity index (χ1) is 8.11. The molecule has 0 saturated carbocycles. The largest absolute Gasteiger partial charge is 0.371 e. The minimum Gasteiger partial charge on any atom is -0.371 e. The van der Waals surface area contributed by atoms with Crippen molar-refractivity contribution in [3.63, 3.8) is 0 Å². The molecule has 2 nitrogen and oxygen atoms in total. The maximum Gasteiger partial charge on any atom is 0.0648 e. The Morgan fingerprint density at radius 2 is 2.29 bits per heavy atom. The summed E-state index contributed by atoms with van der Waals surface area (Å²) in [5.41, 5.74) is 2.22. The van der Waals surface area contributed by atoms with E-state index < -0.39 is 0 Å². The van der Waals surface area contributed by atoms with Gasteiger partial charge in [-0.2, -0.15) is 11.8 Å². The third-order valence-corrected chi connectivity index (χ3v) is 4.79. The molecule has 1 aliphatic heterocycles. The van der Waals surface area contributed by atoms with Crippen molar-refractivity contribution in [2.75, 3.05) is 23.7 Å². The van der Waals surface area contributed by atoms with Crippen LogP contribution in [0.25, 0.3) is 0 Å². The van der Waals surface area contributed by atoms with Gasteiger partial charge < -0.3 is 4.90 Å². The second-order valence-corrected chi connectivity index (χ2v) is 7.05. The van der Waals surface area contributed by atoms with Crippen LogP contribution in [-0.2, 0) is 5.88 Å². The molecule has 4 heteroatoms. The van der Waals surface area contributed by atoms with E-state index in [-0.39, 0.29) is 0 Å². The van der Waals surface area contributed by atoms with E-state index in [1.165, 1.54) is 17.9 Å². The van der Waals surface area contributed by atoms with Crippen molar-refractivity contribution >= 4 is 29.1 Å². The molecule has 1 saturated heterocycles. The molecule has 1 aliphatic rings. The van der Waals surface area contributed by atoms with Crippen LogP contribution in [0.3, 0.4) is 0 Å². The number of nitrogens with zero attached hydrogens (tertiary/aromatic N) is 2. The quantitative estimate of drug-likeness (QED) is 0.765. The van der Waals surface area contributed by atoms with Crippen molar-refractivity contribution in [1.29, 1.82) is 0 Å². The molecule has 0 aliphatic carbocycles. The lowest BCUT2D eigenvalue weighted by Gasteiger charge is -2.24. The van der Waals surface area contributed by atoms with Gasteiger partial charge in [-0.15, -0.1) is 11.6 Å². The van der Waals surface area contributed by atoms with Gasteiger partial charge in [0.15, 0.2) is 0 Å². The predicted octanol–water partition coefficient (Wildman–Crippen LogP) is 3.54. The van der Waals surface area contributed by atoms with Crippen LogP contribution in [0, 0.1) is 0 Å². The maximum absolute atomic E-state index is 5.83. The van der Waals surface area contributed by atoms with Gasteiger partial charge in [0, 0.05) is 35.5 Å². The van der Waals surface area contributed by atoms with Crippen molar-refractivity contribution in [3.05, 3.63) is 24.0 Å². The smallest absolute Gasteiger partial charge is 0.0648 e. The van der Waals surface area contributed by atoms with E-state index in [9.17, 15) is 0 Å². The Hall–Kier alpha value is -0.410. The van der Waals surface area contributed by atoms with E-state index in [1.54, 1.807) is 0 Å². The minimum absolute atomic E-state index is 0.400. The highest BCUT2D eigenvalue weighted by Gasteiger charge is 2.23. The molecule has 1 aromatic heterocycles. The average Bonchev–Trinajstić information content (AvgIpc) is 2.50. The summed E-state index contributed by atoms with van der Waals surface area (Å²) >= 11 is 7.90. The van der Waals surface area contributed by atoms with Crippen LogP contribution in [0.4, 0.5) is 5.69 Å². The Morgan fingerprint density at radius 3 is 3.06 bits per heavy atom. The number of halogens is 1. The number of hydrogen-bond donors (Lipinski definition) is 0. The number of hydrogen-bond acceptors (Lipinski definition) is 3. The van der Waals surface area contributed by atoms with Gasteiger partial charge in [-0.1, -0.05) is 13.8 Å². The van der Waals surface area contributed by atoms with Crippen LogP contribution >= 0.6 is 23.4 Å². The highest BCUT2D eigenvalue weighted by atomic mass is 35.5. The molecule has 2 heterocycles. The van der Waals surface area contributed by atoms with Crippen molar-refractivity contribution < 1.29 is 0 Å². The Balaban J connectivity index is 2.11. The van der Waals surface area contributed by atoms with Gasteiger partial charge in [0.05, 0.1) is 11.6 Å². The van der Waals surface area contributed by atoms with Crippen LogP contribution < -0.4 is 4.90 Å². The van der Waals surface area contributed by atoms with Crippen molar-refractivity contribution in [2.24, 2.45) is 0 Å². The number of pyridine rings is 1. The third kappa shape index (κ3) is 3.52. The van der Waals surface area contributed by atoms with Gasteiger partial charge in [0.1, 0.15) is 0 Å². The first-order valence-electron chi connectivity index (χ1n) is 6.00. The van der Waals surface area contributed by atoms with Crippen LogP contribution in [0.2, 0.25) is 0 Å². The normalized spacial score (nSPS) is 20.1. The van der Waals surface area contributed by atoms with Gasteiger partial charge in [-0.3, -0.25) is 4.98 Å². The zero-order valence-corrected chi connectivity index (χ0v) is 12.0. The van der Waals surface area contributed by atoms with Gasteiger partial charge >= 0.3 is 0 Å². The fraction of sp³-hybridized carbons (Fsp3) is 0.615. The van der Waals surface area contributed by atoms with Crippen LogP contribution in [-0.4, -0.2) is 28.6 Å². The van der Waals surface area contributed by atoms with Gasteiger partial charge in [0.25, 0.3) is 0 Å². The zero-order valence-electron chi connectivity index (χ0n) is 10.4. The summed E-state index contributed by atoms with van der Waals surface area (Å²) < 4.78 is 0.400. The summed E-state index contributed by atoms with van der Waals surface area (Å²) in [7, 11) is 0. The molecule has 1 fully saturated rings. The lowest BCUT2D eigenvalue weighted by atomic mass is 10.1. The SMILES string of the molecule is CC1(C)CCN(c2ccnc(CCl)c2)CCS1. The summed E-state index contributed by atoms with van der Waals surface area (Å²) in [6.45, 7) is 6.89. The minimum atomic E-state index is 0.400. The summed E-state index contributed by atoms with van der Waals surface area (Å²) in [5.74, 6) is 1.67. The van der Waals surface area contributed by atoms with E-state index in [2.05, 4.69) is 47.6 Å². The molecular weight excluding hydrogens is 252 g/mol. The first kappa shape index (κ1) is 13.0. The fourth-order valence-electron chi connectivity index (χ4n) is 2.01. The number of thioether (sulfide) groups is 1. The molecule has 0 radical (unpaired) electrons. The van der Waals surface area contributed by atoms with Crippen molar-refractivity contribution in [2.45, 2.75) is 30.9 Å². The molecule has 0 spiro atoms. The average molecular weight is 271 g/mol. The van der Waals surface area contributed by atoms with E-state index >= 15 is 0 Å². The van der Waals surface area contributed by atoms with E-state index in [0.29, 0.717) is 10.6 Å². The molecule has 94 valence electrons. The highest BCUT2D eigenvalue weighted by Crippen LogP contribution is 2.32. The van der Waals surface area contributed by atoms with Crippen LogP contribution in [0.15, 0.2) is 18.3 Å². The molecule has 2 rings (SSSR count). The second kappa shape index (κ2) is 5.49. The van der Waals surface area contributed by atoms with Crippen LogP contribution in [0.1, 0.15) is 26.0 Å². The summed E-state index contributed by atoms with van der Waals surface area (Å²) in [6, 6.07) is 4.19. The summed E-state index contributed by atoms with van der Waals surface area (Å²) in [4.78, 5) is 6.68. The van der Waals surface area contributed by atoms with E-state index in [1.807, 2.05) is 6.20 Å². The third-order valence-electron chi connectivity index (χ3n) is 3.14. The van der Waals surface area contributed by atoms with Crippen molar-refractivity contribution in [1.82, 2.24) is 4.98 Å². The molecule has 0 N–H and O–H groups in total. The second-order valence-electron chi connectivity index (χ2n) is 4.98. The fourth-order valence-corrected chi connectivity index (χ4v) is 3.26. The van der Waals surface area contributed by atoms with E-state index in [4.69, 9.17) is 11.6 Å². The Morgan fingerprint density at radius 1 is 1.47 bits per heavy atom. The maximum atomic E-state index is 5.83. The molecule has 0 atom stereocenters. The predicted molar refractivity (Wildman–Crippen MR) is 77.2 cm³/mol. The number of alkyl halides is 1. The molecule has 0 amide bonds. The first-order valence-corrected chi connectivity index (χ1v) is 7.52. The number of rotatable bonds is 2. The Kier molecular flexibility index (Phi) is 4.21. The lowest BCUT2D eigenvalue weighted by Crippen LogP contribution is -2.27. The Bertz CT molecular complexity index is 381. The van der Waals surface area contributed by atoms with E-state index in [0.717, 1.165) is 18.8 Å². The van der Waals surface area contributed by atoms with Crippen LogP contribution in [0.5, 0.6) is 0 Å². The van der Waals surface area contributed by atoms with Gasteiger partial charge in [-0.05, 0) is 18.6 Å². The monoisotopic (exact) mass is 270 g/mol. The van der Waals surface area contributed by atoms with Gasteiger partial charge in [-0.25, -0.2) is 0 Å². The lowest BCUT2D eigenvalue weighted by molar-refractivity contribution is 0.637. The molecule has 0 aromatic carbocycles. The Labute approximate surface area is 113 Å². The molecule has 0 unspecified atom stereocenters.